The minimum absolute atomic E-state index is 0.147. The van der Waals surface area contributed by atoms with E-state index < -0.39 is 17.2 Å². The number of ether oxygens (including phenoxy) is 1. The number of aryl methyl sites for hydroxylation is 1. The van der Waals surface area contributed by atoms with E-state index in [-0.39, 0.29) is 5.56 Å². The second kappa shape index (κ2) is 6.77. The van der Waals surface area contributed by atoms with Crippen molar-refractivity contribution in [2.24, 2.45) is 7.05 Å². The zero-order valence-electron chi connectivity index (χ0n) is 16.6. The second-order valence-corrected chi connectivity index (χ2v) is 7.96. The molecule has 0 unspecified atom stereocenters. The number of allylic oxidation sites excluding steroid dienone is 1. The quantitative estimate of drug-likeness (QED) is 0.667. The normalized spacial score (nSPS) is 14.0. The summed E-state index contributed by atoms with van der Waals surface area (Å²) in [5.41, 5.74) is 0.933. The average Bonchev–Trinajstić information content (AvgIpc) is 2.86. The fourth-order valence-corrected chi connectivity index (χ4v) is 2.78. The number of hydrogen-bond acceptors (Lipinski definition) is 4. The Morgan fingerprint density at radius 2 is 1.96 bits per heavy atom. The van der Waals surface area contributed by atoms with Gasteiger partial charge in [-0.1, -0.05) is 24.3 Å². The van der Waals surface area contributed by atoms with Gasteiger partial charge in [-0.3, -0.25) is 4.79 Å². The van der Waals surface area contributed by atoms with Crippen LogP contribution in [0.5, 0.6) is 0 Å². The Morgan fingerprint density at radius 1 is 1.35 bits per heavy atom. The van der Waals surface area contributed by atoms with E-state index >= 15 is 0 Å². The van der Waals surface area contributed by atoms with Crippen LogP contribution in [0.1, 0.15) is 64.7 Å². The largest absolute Gasteiger partial charge is 0.456 e. The number of nitrogens with zero attached hydrogens (tertiary/aromatic N) is 1. The maximum atomic E-state index is 12.9. The molecule has 0 radical (unpaired) electrons. The van der Waals surface area contributed by atoms with Crippen molar-refractivity contribution in [3.8, 4) is 11.8 Å². The van der Waals surface area contributed by atoms with E-state index in [0.29, 0.717) is 35.1 Å². The standard InChI is InChI=1S/C21H27NO4/c1-8-21(5,6)26-19(24)16-13(2)11-15-17(16)14(9-10-20(3,4)25)12-22(7)18(15)23/h12,25H,8,11H2,1-7H3. The first kappa shape index (κ1) is 20.0. The summed E-state index contributed by atoms with van der Waals surface area (Å²) in [6.07, 6.45) is 2.69. The lowest BCUT2D eigenvalue weighted by Gasteiger charge is -2.24. The fourth-order valence-electron chi connectivity index (χ4n) is 2.78. The van der Waals surface area contributed by atoms with Gasteiger partial charge in [0.1, 0.15) is 11.2 Å². The van der Waals surface area contributed by atoms with Gasteiger partial charge in [0.05, 0.1) is 5.57 Å². The molecule has 1 aromatic heterocycles. The number of esters is 1. The molecular weight excluding hydrogens is 330 g/mol. The molecule has 1 aliphatic rings. The molecule has 26 heavy (non-hydrogen) atoms. The van der Waals surface area contributed by atoms with E-state index in [2.05, 4.69) is 11.8 Å². The molecule has 0 saturated carbocycles. The third kappa shape index (κ3) is 4.08. The van der Waals surface area contributed by atoms with Gasteiger partial charge in [0, 0.05) is 36.4 Å². The summed E-state index contributed by atoms with van der Waals surface area (Å²) in [6.45, 7) is 10.7. The zero-order valence-corrected chi connectivity index (χ0v) is 16.6. The average molecular weight is 357 g/mol. The van der Waals surface area contributed by atoms with Gasteiger partial charge in [-0.05, 0) is 41.0 Å². The molecule has 0 amide bonds. The molecule has 0 aromatic carbocycles. The van der Waals surface area contributed by atoms with Crippen molar-refractivity contribution in [1.29, 1.82) is 0 Å². The van der Waals surface area contributed by atoms with E-state index in [9.17, 15) is 14.7 Å². The van der Waals surface area contributed by atoms with Gasteiger partial charge in [0.2, 0.25) is 0 Å². The van der Waals surface area contributed by atoms with Gasteiger partial charge >= 0.3 is 5.97 Å². The fraction of sp³-hybridized carbons (Fsp3) is 0.524. The van der Waals surface area contributed by atoms with E-state index in [1.54, 1.807) is 27.1 Å². The molecule has 1 heterocycles. The van der Waals surface area contributed by atoms with Crippen LogP contribution in [-0.2, 0) is 23.0 Å². The lowest BCUT2D eigenvalue weighted by atomic mass is 9.99. The predicted octanol–water partition coefficient (Wildman–Crippen LogP) is 2.57. The Hall–Kier alpha value is -2.32. The van der Waals surface area contributed by atoms with Gasteiger partial charge in [0.25, 0.3) is 5.56 Å². The topological polar surface area (TPSA) is 68.5 Å². The molecule has 0 bridgehead atoms. The summed E-state index contributed by atoms with van der Waals surface area (Å²) in [6, 6.07) is 0. The highest BCUT2D eigenvalue weighted by molar-refractivity contribution is 6.20. The van der Waals surface area contributed by atoms with Crippen molar-refractivity contribution in [2.45, 2.75) is 65.6 Å². The number of aromatic nitrogens is 1. The Kier molecular flexibility index (Phi) is 5.21. The number of carbonyl (C=O) groups is 1. The van der Waals surface area contributed by atoms with Crippen LogP contribution in [0.4, 0.5) is 0 Å². The number of pyridine rings is 1. The maximum Gasteiger partial charge on any atom is 0.339 e. The van der Waals surface area contributed by atoms with E-state index in [1.165, 1.54) is 4.57 Å². The molecule has 0 aliphatic heterocycles. The molecule has 5 nitrogen and oxygen atoms in total. The van der Waals surface area contributed by atoms with Crippen LogP contribution in [0.2, 0.25) is 0 Å². The Bertz CT molecular complexity index is 899. The van der Waals surface area contributed by atoms with Gasteiger partial charge < -0.3 is 14.4 Å². The molecule has 2 rings (SSSR count). The highest BCUT2D eigenvalue weighted by Crippen LogP contribution is 2.35. The van der Waals surface area contributed by atoms with Gasteiger partial charge in [0.15, 0.2) is 0 Å². The molecule has 0 saturated heterocycles. The van der Waals surface area contributed by atoms with Gasteiger partial charge in [-0.15, -0.1) is 0 Å². The van der Waals surface area contributed by atoms with Crippen LogP contribution in [0, 0.1) is 11.8 Å². The molecule has 1 aliphatic carbocycles. The van der Waals surface area contributed by atoms with Crippen LogP contribution >= 0.6 is 0 Å². The third-order valence-electron chi connectivity index (χ3n) is 4.52. The molecule has 5 heteroatoms. The molecular formula is C21H27NO4. The van der Waals surface area contributed by atoms with Crippen molar-refractivity contribution in [3.63, 3.8) is 0 Å². The summed E-state index contributed by atoms with van der Waals surface area (Å²) >= 11 is 0. The lowest BCUT2D eigenvalue weighted by molar-refractivity contribution is -0.149. The molecule has 140 valence electrons. The molecule has 0 atom stereocenters. The number of carbonyl (C=O) groups excluding carboxylic acids is 1. The third-order valence-corrected chi connectivity index (χ3v) is 4.52. The number of aliphatic hydroxyl groups is 1. The first-order valence-corrected chi connectivity index (χ1v) is 8.78. The minimum atomic E-state index is -1.18. The number of rotatable bonds is 3. The van der Waals surface area contributed by atoms with Crippen LogP contribution < -0.4 is 5.56 Å². The molecule has 0 fully saturated rings. The smallest absolute Gasteiger partial charge is 0.339 e. The van der Waals surface area contributed by atoms with Crippen molar-refractivity contribution in [3.05, 3.63) is 38.8 Å². The first-order chi connectivity index (χ1) is 11.9. The van der Waals surface area contributed by atoms with Crippen molar-refractivity contribution < 1.29 is 14.6 Å². The highest BCUT2D eigenvalue weighted by atomic mass is 16.6. The van der Waals surface area contributed by atoms with Crippen molar-refractivity contribution in [1.82, 2.24) is 4.57 Å². The SMILES string of the molecule is CCC(C)(C)OC(=O)C1=C(C)Cc2c1c(C#CC(C)(C)O)cn(C)c2=O. The highest BCUT2D eigenvalue weighted by Gasteiger charge is 2.33. The number of hydrogen-bond donors (Lipinski definition) is 1. The summed E-state index contributed by atoms with van der Waals surface area (Å²) in [5, 5.41) is 9.92. The van der Waals surface area contributed by atoms with Crippen molar-refractivity contribution >= 4 is 11.5 Å². The van der Waals surface area contributed by atoms with Crippen LogP contribution in [0.3, 0.4) is 0 Å². The summed E-state index contributed by atoms with van der Waals surface area (Å²) < 4.78 is 7.13. The zero-order chi connectivity index (χ0) is 19.9. The Balaban J connectivity index is 2.64. The molecule has 1 N–H and O–H groups in total. The lowest BCUT2D eigenvalue weighted by Crippen LogP contribution is -2.28. The van der Waals surface area contributed by atoms with E-state index in [1.807, 2.05) is 27.7 Å². The van der Waals surface area contributed by atoms with Crippen LogP contribution in [0.15, 0.2) is 16.6 Å². The minimum Gasteiger partial charge on any atom is -0.456 e. The Labute approximate surface area is 154 Å². The van der Waals surface area contributed by atoms with Crippen LogP contribution in [-0.4, -0.2) is 26.8 Å². The number of fused-ring (bicyclic) bond motifs is 1. The second-order valence-electron chi connectivity index (χ2n) is 7.96. The van der Waals surface area contributed by atoms with Crippen LogP contribution in [0.25, 0.3) is 5.57 Å². The monoisotopic (exact) mass is 357 g/mol. The molecule has 0 spiro atoms. The molecule has 1 aromatic rings. The van der Waals surface area contributed by atoms with E-state index in [4.69, 9.17) is 4.74 Å². The predicted molar refractivity (Wildman–Crippen MR) is 102 cm³/mol. The Morgan fingerprint density at radius 3 is 2.50 bits per heavy atom. The summed E-state index contributed by atoms with van der Waals surface area (Å²) in [7, 11) is 1.66. The first-order valence-electron chi connectivity index (χ1n) is 8.78. The maximum absolute atomic E-state index is 12.9. The van der Waals surface area contributed by atoms with E-state index in [0.717, 1.165) is 5.57 Å². The summed E-state index contributed by atoms with van der Waals surface area (Å²) in [5.74, 6) is 5.26. The summed E-state index contributed by atoms with van der Waals surface area (Å²) in [4.78, 5) is 25.4. The van der Waals surface area contributed by atoms with Crippen molar-refractivity contribution in [2.75, 3.05) is 0 Å². The van der Waals surface area contributed by atoms with Gasteiger partial charge in [-0.25, -0.2) is 4.79 Å². The van der Waals surface area contributed by atoms with Gasteiger partial charge in [-0.2, -0.15) is 0 Å².